The molecule has 0 atom stereocenters. The summed E-state index contributed by atoms with van der Waals surface area (Å²) in [4.78, 5) is 20.4. The lowest BCUT2D eigenvalue weighted by atomic mass is 10.1. The molecule has 2 heterocycles. The van der Waals surface area contributed by atoms with E-state index < -0.39 is 0 Å². The maximum atomic E-state index is 12.1. The van der Waals surface area contributed by atoms with Crippen LogP contribution in [0.25, 0.3) is 0 Å². The molecule has 0 spiro atoms. The Kier molecular flexibility index (Phi) is 5.82. The summed E-state index contributed by atoms with van der Waals surface area (Å²) in [5.41, 5.74) is 1.50. The molecule has 0 saturated carbocycles. The largest absolute Gasteiger partial charge is 0.496 e. The molecule has 26 heavy (non-hydrogen) atoms. The van der Waals surface area contributed by atoms with Gasteiger partial charge in [-0.15, -0.1) is 0 Å². The number of aromatic nitrogens is 2. The van der Waals surface area contributed by atoms with Crippen LogP contribution in [-0.4, -0.2) is 29.5 Å². The fourth-order valence-corrected chi connectivity index (χ4v) is 2.44. The Hall–Kier alpha value is -3.35. The first-order chi connectivity index (χ1) is 12.8. The van der Waals surface area contributed by atoms with Crippen LogP contribution < -0.4 is 15.4 Å². The summed E-state index contributed by atoms with van der Waals surface area (Å²) >= 11 is 0. The van der Waals surface area contributed by atoms with Crippen molar-refractivity contribution in [1.29, 1.82) is 0 Å². The summed E-state index contributed by atoms with van der Waals surface area (Å²) < 4.78 is 10.5. The second kappa shape index (κ2) is 8.66. The van der Waals surface area contributed by atoms with Crippen LogP contribution in [0.1, 0.15) is 21.7 Å². The molecule has 0 fully saturated rings. The highest BCUT2D eigenvalue weighted by molar-refractivity contribution is 5.93. The van der Waals surface area contributed by atoms with Gasteiger partial charge in [0.2, 0.25) is 5.95 Å². The molecule has 7 heteroatoms. The van der Waals surface area contributed by atoms with Crippen molar-refractivity contribution in [3.63, 3.8) is 0 Å². The lowest BCUT2D eigenvalue weighted by Crippen LogP contribution is -2.23. The molecule has 3 rings (SSSR count). The SMILES string of the molecule is COc1ccccc1CCNc1ncc(C(=O)NCc2ccco2)cn1. The molecule has 0 bridgehead atoms. The Morgan fingerprint density at radius 2 is 1.96 bits per heavy atom. The molecule has 0 aliphatic heterocycles. The van der Waals surface area contributed by atoms with E-state index in [-0.39, 0.29) is 5.91 Å². The number of nitrogens with one attached hydrogen (secondary N) is 2. The first kappa shape index (κ1) is 17.5. The van der Waals surface area contributed by atoms with Gasteiger partial charge in [0.15, 0.2) is 0 Å². The van der Waals surface area contributed by atoms with Crippen LogP contribution in [0.3, 0.4) is 0 Å². The van der Waals surface area contributed by atoms with Crippen LogP contribution in [-0.2, 0) is 13.0 Å². The second-order valence-corrected chi connectivity index (χ2v) is 5.55. The van der Waals surface area contributed by atoms with Gasteiger partial charge in [-0.1, -0.05) is 18.2 Å². The Morgan fingerprint density at radius 1 is 1.15 bits per heavy atom. The number of ether oxygens (including phenoxy) is 1. The van der Waals surface area contributed by atoms with E-state index in [2.05, 4.69) is 20.6 Å². The van der Waals surface area contributed by atoms with Crippen molar-refractivity contribution in [2.75, 3.05) is 19.0 Å². The number of anilines is 1. The van der Waals surface area contributed by atoms with E-state index in [0.29, 0.717) is 30.4 Å². The normalized spacial score (nSPS) is 10.3. The molecule has 0 aliphatic carbocycles. The molecular weight excluding hydrogens is 332 g/mol. The van der Waals surface area contributed by atoms with E-state index in [9.17, 15) is 4.79 Å². The van der Waals surface area contributed by atoms with E-state index in [1.165, 1.54) is 12.4 Å². The molecule has 0 saturated heterocycles. The number of furan rings is 1. The van der Waals surface area contributed by atoms with Gasteiger partial charge in [0.25, 0.3) is 5.91 Å². The van der Waals surface area contributed by atoms with Crippen molar-refractivity contribution < 1.29 is 13.9 Å². The zero-order chi connectivity index (χ0) is 18.2. The highest BCUT2D eigenvalue weighted by Crippen LogP contribution is 2.17. The van der Waals surface area contributed by atoms with Crippen LogP contribution in [0.5, 0.6) is 5.75 Å². The van der Waals surface area contributed by atoms with Gasteiger partial charge in [0.05, 0.1) is 25.5 Å². The molecule has 2 aromatic heterocycles. The van der Waals surface area contributed by atoms with Gasteiger partial charge in [-0.3, -0.25) is 4.79 Å². The van der Waals surface area contributed by atoms with Gasteiger partial charge in [-0.25, -0.2) is 9.97 Å². The number of benzene rings is 1. The van der Waals surface area contributed by atoms with Gasteiger partial charge in [-0.2, -0.15) is 0 Å². The molecular formula is C19H20N4O3. The predicted molar refractivity (Wildman–Crippen MR) is 97.1 cm³/mol. The fraction of sp³-hybridized carbons (Fsp3) is 0.211. The summed E-state index contributed by atoms with van der Waals surface area (Å²) in [5.74, 6) is 1.78. The predicted octanol–water partition coefficient (Wildman–Crippen LogP) is 2.66. The van der Waals surface area contributed by atoms with Crippen molar-refractivity contribution in [3.8, 4) is 5.75 Å². The first-order valence-corrected chi connectivity index (χ1v) is 8.24. The number of hydrogen-bond donors (Lipinski definition) is 2. The average molecular weight is 352 g/mol. The Morgan fingerprint density at radius 3 is 2.69 bits per heavy atom. The topological polar surface area (TPSA) is 89.3 Å². The smallest absolute Gasteiger partial charge is 0.254 e. The third-order valence-corrected chi connectivity index (χ3v) is 3.79. The Balaban J connectivity index is 1.48. The third kappa shape index (κ3) is 4.60. The minimum absolute atomic E-state index is 0.248. The number of para-hydroxylation sites is 1. The second-order valence-electron chi connectivity index (χ2n) is 5.55. The van der Waals surface area contributed by atoms with Gasteiger partial charge >= 0.3 is 0 Å². The summed E-state index contributed by atoms with van der Waals surface area (Å²) in [6, 6.07) is 11.4. The molecule has 0 unspecified atom stereocenters. The zero-order valence-electron chi connectivity index (χ0n) is 14.4. The molecule has 0 aliphatic rings. The number of methoxy groups -OCH3 is 1. The average Bonchev–Trinajstić information content (AvgIpc) is 3.20. The number of carbonyl (C=O) groups is 1. The highest BCUT2D eigenvalue weighted by Gasteiger charge is 2.08. The van der Waals surface area contributed by atoms with E-state index in [4.69, 9.17) is 9.15 Å². The number of nitrogens with zero attached hydrogens (tertiary/aromatic N) is 2. The van der Waals surface area contributed by atoms with E-state index in [0.717, 1.165) is 17.7 Å². The van der Waals surface area contributed by atoms with Crippen molar-refractivity contribution >= 4 is 11.9 Å². The maximum absolute atomic E-state index is 12.1. The summed E-state index contributed by atoms with van der Waals surface area (Å²) in [5, 5.41) is 5.89. The van der Waals surface area contributed by atoms with Gasteiger partial charge < -0.3 is 19.8 Å². The maximum Gasteiger partial charge on any atom is 0.254 e. The van der Waals surface area contributed by atoms with Crippen molar-refractivity contribution in [1.82, 2.24) is 15.3 Å². The molecule has 1 aromatic carbocycles. The standard InChI is InChI=1S/C19H20N4O3/c1-25-17-7-3-2-5-14(17)8-9-20-19-22-11-15(12-23-19)18(24)21-13-16-6-4-10-26-16/h2-7,10-12H,8-9,13H2,1H3,(H,21,24)(H,20,22,23). The van der Waals surface area contributed by atoms with Crippen molar-refractivity contribution in [3.05, 3.63) is 71.9 Å². The van der Waals surface area contributed by atoms with E-state index in [1.807, 2.05) is 24.3 Å². The minimum Gasteiger partial charge on any atom is -0.496 e. The zero-order valence-corrected chi connectivity index (χ0v) is 14.4. The van der Waals surface area contributed by atoms with Gasteiger partial charge in [0, 0.05) is 18.9 Å². The first-order valence-electron chi connectivity index (χ1n) is 8.24. The number of carbonyl (C=O) groups excluding carboxylic acids is 1. The lowest BCUT2D eigenvalue weighted by molar-refractivity contribution is 0.0947. The van der Waals surface area contributed by atoms with Crippen LogP contribution in [0.4, 0.5) is 5.95 Å². The molecule has 0 radical (unpaired) electrons. The molecule has 1 amide bonds. The highest BCUT2D eigenvalue weighted by atomic mass is 16.5. The lowest BCUT2D eigenvalue weighted by Gasteiger charge is -2.09. The quantitative estimate of drug-likeness (QED) is 0.648. The summed E-state index contributed by atoms with van der Waals surface area (Å²) in [6.07, 6.45) is 5.33. The summed E-state index contributed by atoms with van der Waals surface area (Å²) in [7, 11) is 1.66. The summed E-state index contributed by atoms with van der Waals surface area (Å²) in [6.45, 7) is 0.981. The van der Waals surface area contributed by atoms with Crippen LogP contribution >= 0.6 is 0 Å². The number of rotatable bonds is 8. The fourth-order valence-electron chi connectivity index (χ4n) is 2.44. The molecule has 134 valence electrons. The minimum atomic E-state index is -0.248. The van der Waals surface area contributed by atoms with Crippen molar-refractivity contribution in [2.45, 2.75) is 13.0 Å². The van der Waals surface area contributed by atoms with E-state index >= 15 is 0 Å². The monoisotopic (exact) mass is 352 g/mol. The Labute approximate surface area is 151 Å². The molecule has 7 nitrogen and oxygen atoms in total. The van der Waals surface area contributed by atoms with Crippen LogP contribution in [0, 0.1) is 0 Å². The number of amides is 1. The number of hydrogen-bond acceptors (Lipinski definition) is 6. The molecule has 2 N–H and O–H groups in total. The van der Waals surface area contributed by atoms with Crippen molar-refractivity contribution in [2.24, 2.45) is 0 Å². The van der Waals surface area contributed by atoms with Gasteiger partial charge in [-0.05, 0) is 30.2 Å². The van der Waals surface area contributed by atoms with Crippen LogP contribution in [0.2, 0.25) is 0 Å². The van der Waals surface area contributed by atoms with E-state index in [1.54, 1.807) is 25.5 Å². The Bertz CT molecular complexity index is 832. The third-order valence-electron chi connectivity index (χ3n) is 3.79. The van der Waals surface area contributed by atoms with Crippen LogP contribution in [0.15, 0.2) is 59.5 Å². The van der Waals surface area contributed by atoms with Gasteiger partial charge in [0.1, 0.15) is 11.5 Å². The molecule has 3 aromatic rings.